The molecule has 6 heteroatoms. The van der Waals surface area contributed by atoms with E-state index in [9.17, 15) is 4.79 Å². The zero-order valence-corrected chi connectivity index (χ0v) is 12.3. The van der Waals surface area contributed by atoms with Crippen LogP contribution in [0.3, 0.4) is 0 Å². The molecule has 1 N–H and O–H groups in total. The molecule has 1 aliphatic rings. The minimum absolute atomic E-state index is 0.0607. The first-order valence-corrected chi connectivity index (χ1v) is 7.18. The van der Waals surface area contributed by atoms with E-state index in [1.807, 2.05) is 11.8 Å². The molecular formula is C11H19Cl3N2O. The van der Waals surface area contributed by atoms with Gasteiger partial charge in [-0.25, -0.2) is 0 Å². The first-order valence-electron chi connectivity index (χ1n) is 6.05. The van der Waals surface area contributed by atoms with Gasteiger partial charge in [-0.15, -0.1) is 0 Å². The molecule has 0 spiro atoms. The van der Waals surface area contributed by atoms with E-state index in [4.69, 9.17) is 34.8 Å². The number of likely N-dealkylation sites (tertiary alicyclic amines) is 1. The molecule has 0 bridgehead atoms. The van der Waals surface area contributed by atoms with Crippen molar-refractivity contribution in [3.8, 4) is 0 Å². The third-order valence-corrected chi connectivity index (χ3v) is 3.46. The number of halogens is 3. The van der Waals surface area contributed by atoms with Crippen molar-refractivity contribution in [2.75, 3.05) is 13.1 Å². The number of piperidine rings is 1. The number of rotatable bonds is 4. The van der Waals surface area contributed by atoms with Crippen molar-refractivity contribution in [2.24, 2.45) is 0 Å². The number of carbonyl (C=O) groups is 1. The third kappa shape index (κ3) is 5.21. The van der Waals surface area contributed by atoms with Crippen molar-refractivity contribution in [1.29, 1.82) is 0 Å². The van der Waals surface area contributed by atoms with Crippen molar-refractivity contribution < 1.29 is 4.79 Å². The van der Waals surface area contributed by atoms with E-state index in [-0.39, 0.29) is 5.91 Å². The lowest BCUT2D eigenvalue weighted by atomic mass is 10.1. The molecule has 0 aromatic heterocycles. The van der Waals surface area contributed by atoms with E-state index in [1.165, 1.54) is 6.42 Å². The lowest BCUT2D eigenvalue weighted by molar-refractivity contribution is -0.123. The van der Waals surface area contributed by atoms with Crippen LogP contribution in [0, 0.1) is 0 Å². The second-order valence-electron chi connectivity index (χ2n) is 4.36. The highest BCUT2D eigenvalue weighted by atomic mass is 35.6. The molecule has 100 valence electrons. The fourth-order valence-electron chi connectivity index (χ4n) is 2.01. The summed E-state index contributed by atoms with van der Waals surface area (Å²) in [7, 11) is 0. The second kappa shape index (κ2) is 7.03. The normalized spacial score (nSPS) is 20.0. The highest BCUT2D eigenvalue weighted by Gasteiger charge is 2.38. The Morgan fingerprint density at radius 2 is 1.88 bits per heavy atom. The number of amides is 1. The number of hydrogen-bond donors (Lipinski definition) is 1. The highest BCUT2D eigenvalue weighted by Crippen LogP contribution is 2.33. The van der Waals surface area contributed by atoms with Gasteiger partial charge in [0.25, 0.3) is 0 Å². The number of hydrogen-bond acceptors (Lipinski definition) is 2. The van der Waals surface area contributed by atoms with Gasteiger partial charge in [0, 0.05) is 19.5 Å². The number of alkyl halides is 3. The molecule has 0 radical (unpaired) electrons. The summed E-state index contributed by atoms with van der Waals surface area (Å²) < 4.78 is -1.49. The molecule has 1 atom stereocenters. The summed E-state index contributed by atoms with van der Waals surface area (Å²) in [6.07, 6.45) is 4.10. The molecule has 1 amide bonds. The average molecular weight is 302 g/mol. The average Bonchev–Trinajstić information content (AvgIpc) is 2.26. The lowest BCUT2D eigenvalue weighted by Crippen LogP contribution is -2.56. The Bertz CT molecular complexity index is 250. The summed E-state index contributed by atoms with van der Waals surface area (Å²) in [6.45, 7) is 3.68. The van der Waals surface area contributed by atoms with E-state index in [2.05, 4.69) is 5.32 Å². The number of nitrogens with zero attached hydrogens (tertiary/aromatic N) is 1. The molecule has 0 aromatic rings. The molecule has 1 rings (SSSR count). The van der Waals surface area contributed by atoms with Crippen LogP contribution in [0.2, 0.25) is 0 Å². The Balaban J connectivity index is 2.63. The van der Waals surface area contributed by atoms with E-state index >= 15 is 0 Å². The SMILES string of the molecule is CCCC(=O)N[C@H](N1CCCCC1)C(Cl)(Cl)Cl. The fraction of sp³-hybridized carbons (Fsp3) is 0.909. The first kappa shape index (κ1) is 15.4. The van der Waals surface area contributed by atoms with Crippen LogP contribution in [0.5, 0.6) is 0 Å². The Morgan fingerprint density at radius 3 is 2.35 bits per heavy atom. The standard InChI is InChI=1S/C11H19Cl3N2O/c1-2-6-9(17)15-10(11(12,13)14)16-7-4-3-5-8-16/h10H,2-8H2,1H3,(H,15,17)/t10-/m1/s1. The van der Waals surface area contributed by atoms with Crippen LogP contribution in [0.4, 0.5) is 0 Å². The quantitative estimate of drug-likeness (QED) is 0.809. The van der Waals surface area contributed by atoms with Crippen molar-refractivity contribution >= 4 is 40.7 Å². The highest BCUT2D eigenvalue weighted by molar-refractivity contribution is 6.68. The van der Waals surface area contributed by atoms with Gasteiger partial charge < -0.3 is 5.32 Å². The molecule has 17 heavy (non-hydrogen) atoms. The predicted molar refractivity (Wildman–Crippen MR) is 72.6 cm³/mol. The Kier molecular flexibility index (Phi) is 6.35. The van der Waals surface area contributed by atoms with Gasteiger partial charge >= 0.3 is 0 Å². The molecule has 0 aromatic carbocycles. The molecule has 0 aliphatic carbocycles. The molecule has 1 aliphatic heterocycles. The summed E-state index contributed by atoms with van der Waals surface area (Å²) >= 11 is 17.9. The minimum atomic E-state index is -1.49. The van der Waals surface area contributed by atoms with E-state index in [0.29, 0.717) is 6.42 Å². The monoisotopic (exact) mass is 300 g/mol. The molecular weight excluding hydrogens is 282 g/mol. The fourth-order valence-corrected chi connectivity index (χ4v) is 2.59. The molecule has 1 heterocycles. The van der Waals surface area contributed by atoms with Crippen molar-refractivity contribution in [3.63, 3.8) is 0 Å². The maximum absolute atomic E-state index is 11.6. The van der Waals surface area contributed by atoms with Gasteiger partial charge in [-0.3, -0.25) is 9.69 Å². The van der Waals surface area contributed by atoms with Crippen molar-refractivity contribution in [3.05, 3.63) is 0 Å². The molecule has 1 saturated heterocycles. The van der Waals surface area contributed by atoms with E-state index in [0.717, 1.165) is 32.4 Å². The second-order valence-corrected chi connectivity index (χ2v) is 6.73. The van der Waals surface area contributed by atoms with Gasteiger partial charge in [0.1, 0.15) is 6.17 Å². The van der Waals surface area contributed by atoms with Gasteiger partial charge in [-0.1, -0.05) is 48.1 Å². The van der Waals surface area contributed by atoms with Crippen LogP contribution < -0.4 is 5.32 Å². The van der Waals surface area contributed by atoms with Crippen LogP contribution >= 0.6 is 34.8 Å². The summed E-state index contributed by atoms with van der Waals surface area (Å²) in [4.78, 5) is 13.7. The van der Waals surface area contributed by atoms with Crippen LogP contribution in [0.25, 0.3) is 0 Å². The molecule has 0 saturated carbocycles. The number of carbonyl (C=O) groups excluding carboxylic acids is 1. The smallest absolute Gasteiger partial charge is 0.223 e. The van der Waals surface area contributed by atoms with Crippen molar-refractivity contribution in [2.45, 2.75) is 49.0 Å². The summed E-state index contributed by atoms with van der Waals surface area (Å²) in [5, 5.41) is 2.82. The predicted octanol–water partition coefficient (Wildman–Crippen LogP) is 3.08. The molecule has 1 fully saturated rings. The lowest BCUT2D eigenvalue weighted by Gasteiger charge is -2.38. The topological polar surface area (TPSA) is 32.3 Å². The Morgan fingerprint density at radius 1 is 1.29 bits per heavy atom. The summed E-state index contributed by atoms with van der Waals surface area (Å²) in [6, 6.07) is 0. The van der Waals surface area contributed by atoms with Gasteiger partial charge in [-0.2, -0.15) is 0 Å². The molecule has 3 nitrogen and oxygen atoms in total. The van der Waals surface area contributed by atoms with Gasteiger partial charge in [-0.05, 0) is 19.3 Å². The maximum atomic E-state index is 11.6. The van der Waals surface area contributed by atoms with Gasteiger partial charge in [0.15, 0.2) is 0 Å². The van der Waals surface area contributed by atoms with Gasteiger partial charge in [0.05, 0.1) is 0 Å². The van der Waals surface area contributed by atoms with Crippen LogP contribution in [-0.2, 0) is 4.79 Å². The van der Waals surface area contributed by atoms with Crippen molar-refractivity contribution in [1.82, 2.24) is 10.2 Å². The van der Waals surface area contributed by atoms with Crippen LogP contribution in [0.15, 0.2) is 0 Å². The largest absolute Gasteiger partial charge is 0.337 e. The Hall–Kier alpha value is 0.300. The summed E-state index contributed by atoms with van der Waals surface area (Å²) in [5.41, 5.74) is 0. The zero-order chi connectivity index (χ0) is 12.9. The van der Waals surface area contributed by atoms with E-state index < -0.39 is 9.96 Å². The van der Waals surface area contributed by atoms with Crippen LogP contribution in [0.1, 0.15) is 39.0 Å². The van der Waals surface area contributed by atoms with E-state index in [1.54, 1.807) is 0 Å². The summed E-state index contributed by atoms with van der Waals surface area (Å²) in [5.74, 6) is -0.0607. The van der Waals surface area contributed by atoms with Gasteiger partial charge in [0.2, 0.25) is 9.70 Å². The molecule has 0 unspecified atom stereocenters. The minimum Gasteiger partial charge on any atom is -0.337 e. The third-order valence-electron chi connectivity index (χ3n) is 2.84. The zero-order valence-electron chi connectivity index (χ0n) is 10.0. The Labute approximate surface area is 118 Å². The van der Waals surface area contributed by atoms with Crippen LogP contribution in [-0.4, -0.2) is 33.9 Å². The maximum Gasteiger partial charge on any atom is 0.223 e. The first-order chi connectivity index (χ1) is 7.95. The number of nitrogens with one attached hydrogen (secondary N) is 1.